The Bertz CT molecular complexity index is 872. The Morgan fingerprint density at radius 3 is 2.92 bits per heavy atom. The van der Waals surface area contributed by atoms with Crippen molar-refractivity contribution in [3.63, 3.8) is 0 Å². The van der Waals surface area contributed by atoms with Crippen LogP contribution in [-0.2, 0) is 12.8 Å². The second kappa shape index (κ2) is 6.32. The lowest BCUT2D eigenvalue weighted by atomic mass is 10.0. The number of amides is 1. The highest BCUT2D eigenvalue weighted by atomic mass is 32.1. The fourth-order valence-corrected chi connectivity index (χ4v) is 4.10. The smallest absolute Gasteiger partial charge is 0.262 e. The molecule has 3 aromatic rings. The topological polar surface area (TPSA) is 72.2 Å². The van der Waals surface area contributed by atoms with Crippen molar-refractivity contribution in [3.05, 3.63) is 40.3 Å². The molecule has 7 heteroatoms. The molecule has 6 nitrogen and oxygen atoms in total. The van der Waals surface area contributed by atoms with E-state index in [0.717, 1.165) is 24.1 Å². The molecule has 0 atom stereocenters. The maximum atomic E-state index is 12.6. The van der Waals surface area contributed by atoms with Crippen LogP contribution in [0.2, 0.25) is 0 Å². The van der Waals surface area contributed by atoms with E-state index in [-0.39, 0.29) is 5.91 Å². The minimum atomic E-state index is -0.205. The quantitative estimate of drug-likeness (QED) is 0.775. The van der Waals surface area contributed by atoms with E-state index in [9.17, 15) is 4.79 Å². The van der Waals surface area contributed by atoms with Crippen molar-refractivity contribution in [1.29, 1.82) is 0 Å². The van der Waals surface area contributed by atoms with Crippen LogP contribution in [0.25, 0.3) is 5.65 Å². The molecule has 0 radical (unpaired) electrons. The fourth-order valence-electron chi connectivity index (χ4n) is 3.05. The number of nitrogens with zero attached hydrogens (tertiary/aromatic N) is 4. The van der Waals surface area contributed by atoms with Crippen LogP contribution >= 0.6 is 11.3 Å². The van der Waals surface area contributed by atoms with Crippen LogP contribution in [0, 0.1) is 6.92 Å². The number of aromatic nitrogens is 4. The van der Waals surface area contributed by atoms with E-state index in [1.54, 1.807) is 28.2 Å². The van der Waals surface area contributed by atoms with Crippen molar-refractivity contribution >= 4 is 28.0 Å². The zero-order chi connectivity index (χ0) is 16.5. The normalized spacial score (nSPS) is 14.9. The SMILES string of the molecule is Cc1cnc2c(C(=O)Nc3nc4c(s3)CCCCCC4)cnn2c1. The number of aryl methyl sites for hydroxylation is 3. The van der Waals surface area contributed by atoms with Crippen molar-refractivity contribution in [2.75, 3.05) is 5.32 Å². The summed E-state index contributed by atoms with van der Waals surface area (Å²) in [7, 11) is 0. The first-order valence-corrected chi connectivity index (χ1v) is 9.12. The van der Waals surface area contributed by atoms with E-state index >= 15 is 0 Å². The minimum Gasteiger partial charge on any atom is -0.298 e. The van der Waals surface area contributed by atoms with E-state index in [1.807, 2.05) is 13.1 Å². The predicted octanol–water partition coefficient (Wildman–Crippen LogP) is 3.41. The van der Waals surface area contributed by atoms with Gasteiger partial charge in [0.15, 0.2) is 10.8 Å². The first-order chi connectivity index (χ1) is 11.7. The molecule has 0 aliphatic heterocycles. The van der Waals surface area contributed by atoms with Gasteiger partial charge in [0.25, 0.3) is 5.91 Å². The van der Waals surface area contributed by atoms with Crippen LogP contribution < -0.4 is 5.32 Å². The Labute approximate surface area is 143 Å². The van der Waals surface area contributed by atoms with E-state index < -0.39 is 0 Å². The van der Waals surface area contributed by atoms with Crippen LogP contribution in [0.3, 0.4) is 0 Å². The number of fused-ring (bicyclic) bond motifs is 2. The summed E-state index contributed by atoms with van der Waals surface area (Å²) in [4.78, 5) is 22.9. The van der Waals surface area contributed by atoms with Gasteiger partial charge in [0.2, 0.25) is 0 Å². The lowest BCUT2D eigenvalue weighted by Crippen LogP contribution is -2.12. The number of hydrogen-bond acceptors (Lipinski definition) is 5. The molecule has 0 unspecified atom stereocenters. The number of anilines is 1. The Morgan fingerprint density at radius 2 is 2.04 bits per heavy atom. The Hall–Kier alpha value is -2.28. The third-order valence-electron chi connectivity index (χ3n) is 4.30. The van der Waals surface area contributed by atoms with Crippen LogP contribution in [0.15, 0.2) is 18.6 Å². The van der Waals surface area contributed by atoms with E-state index in [4.69, 9.17) is 0 Å². The molecule has 24 heavy (non-hydrogen) atoms. The molecule has 3 heterocycles. The lowest BCUT2D eigenvalue weighted by molar-refractivity contribution is 0.102. The number of carbonyl (C=O) groups excluding carboxylic acids is 1. The third kappa shape index (κ3) is 2.91. The van der Waals surface area contributed by atoms with Gasteiger partial charge in [-0.15, -0.1) is 11.3 Å². The largest absolute Gasteiger partial charge is 0.298 e. The van der Waals surface area contributed by atoms with Crippen molar-refractivity contribution in [2.24, 2.45) is 0 Å². The van der Waals surface area contributed by atoms with Crippen molar-refractivity contribution in [2.45, 2.75) is 45.4 Å². The first-order valence-electron chi connectivity index (χ1n) is 8.30. The molecule has 3 aromatic heterocycles. The van der Waals surface area contributed by atoms with Gasteiger partial charge in [-0.05, 0) is 38.2 Å². The standard InChI is InChI=1S/C17H19N5OS/c1-11-8-18-15-12(9-19-22(15)10-11)16(23)21-17-20-13-6-4-2-3-5-7-14(13)24-17/h8-10H,2-7H2,1H3,(H,20,21,23). The fraction of sp³-hybridized carbons (Fsp3) is 0.412. The third-order valence-corrected chi connectivity index (χ3v) is 5.37. The second-order valence-electron chi connectivity index (χ2n) is 6.21. The number of nitrogens with one attached hydrogen (secondary N) is 1. The molecule has 124 valence electrons. The average Bonchev–Trinajstić information content (AvgIpc) is 3.11. The van der Waals surface area contributed by atoms with Crippen molar-refractivity contribution in [1.82, 2.24) is 19.6 Å². The molecule has 0 aromatic carbocycles. The van der Waals surface area contributed by atoms with E-state index in [2.05, 4.69) is 20.4 Å². The number of carbonyl (C=O) groups is 1. The van der Waals surface area contributed by atoms with Gasteiger partial charge in [-0.1, -0.05) is 12.8 Å². The molecule has 1 aliphatic carbocycles. The molecule has 1 amide bonds. The van der Waals surface area contributed by atoms with Crippen LogP contribution in [-0.4, -0.2) is 25.5 Å². The molecule has 0 fully saturated rings. The monoisotopic (exact) mass is 341 g/mol. The summed E-state index contributed by atoms with van der Waals surface area (Å²) >= 11 is 1.60. The van der Waals surface area contributed by atoms with Gasteiger partial charge in [0, 0.05) is 17.3 Å². The second-order valence-corrected chi connectivity index (χ2v) is 7.30. The number of thiazole rings is 1. The first kappa shape index (κ1) is 15.3. The Morgan fingerprint density at radius 1 is 1.21 bits per heavy atom. The predicted molar refractivity (Wildman–Crippen MR) is 93.7 cm³/mol. The highest BCUT2D eigenvalue weighted by molar-refractivity contribution is 7.15. The molecule has 0 saturated heterocycles. The molecular weight excluding hydrogens is 322 g/mol. The van der Waals surface area contributed by atoms with E-state index in [1.165, 1.54) is 30.6 Å². The van der Waals surface area contributed by atoms with Crippen LogP contribution in [0.5, 0.6) is 0 Å². The van der Waals surface area contributed by atoms with Gasteiger partial charge >= 0.3 is 0 Å². The number of hydrogen-bond donors (Lipinski definition) is 1. The Kier molecular flexibility index (Phi) is 4.02. The summed E-state index contributed by atoms with van der Waals surface area (Å²) in [5, 5.41) is 7.81. The summed E-state index contributed by atoms with van der Waals surface area (Å²) < 4.78 is 1.63. The van der Waals surface area contributed by atoms with Crippen molar-refractivity contribution in [3.8, 4) is 0 Å². The van der Waals surface area contributed by atoms with Gasteiger partial charge in [-0.25, -0.2) is 14.5 Å². The van der Waals surface area contributed by atoms with Gasteiger partial charge in [0.05, 0.1) is 11.9 Å². The molecule has 1 aliphatic rings. The molecule has 0 bridgehead atoms. The highest BCUT2D eigenvalue weighted by Gasteiger charge is 2.18. The maximum absolute atomic E-state index is 12.6. The summed E-state index contributed by atoms with van der Waals surface area (Å²) in [5.74, 6) is -0.205. The summed E-state index contributed by atoms with van der Waals surface area (Å²) in [6, 6.07) is 0. The van der Waals surface area contributed by atoms with Gasteiger partial charge < -0.3 is 0 Å². The van der Waals surface area contributed by atoms with Gasteiger partial charge in [-0.2, -0.15) is 5.10 Å². The van der Waals surface area contributed by atoms with Gasteiger partial charge in [-0.3, -0.25) is 10.1 Å². The van der Waals surface area contributed by atoms with E-state index in [0.29, 0.717) is 16.3 Å². The summed E-state index contributed by atoms with van der Waals surface area (Å²) in [6.07, 6.45) is 12.2. The van der Waals surface area contributed by atoms with Crippen LogP contribution in [0.4, 0.5) is 5.13 Å². The molecule has 0 saturated carbocycles. The average molecular weight is 341 g/mol. The minimum absolute atomic E-state index is 0.205. The lowest BCUT2D eigenvalue weighted by Gasteiger charge is -2.06. The zero-order valence-electron chi connectivity index (χ0n) is 13.6. The van der Waals surface area contributed by atoms with Crippen LogP contribution in [0.1, 0.15) is 52.2 Å². The highest BCUT2D eigenvalue weighted by Crippen LogP contribution is 2.28. The molecule has 1 N–H and O–H groups in total. The van der Waals surface area contributed by atoms with Crippen molar-refractivity contribution < 1.29 is 4.79 Å². The molecule has 4 rings (SSSR count). The van der Waals surface area contributed by atoms with Gasteiger partial charge in [0.1, 0.15) is 5.56 Å². The molecule has 0 spiro atoms. The number of rotatable bonds is 2. The molecular formula is C17H19N5OS. The Balaban J connectivity index is 1.58. The maximum Gasteiger partial charge on any atom is 0.262 e. The summed E-state index contributed by atoms with van der Waals surface area (Å²) in [5.41, 5.74) is 3.19. The zero-order valence-corrected chi connectivity index (χ0v) is 14.4. The summed E-state index contributed by atoms with van der Waals surface area (Å²) in [6.45, 7) is 1.94.